The van der Waals surface area contributed by atoms with Gasteiger partial charge in [-0.25, -0.2) is 4.98 Å². The molecule has 0 aromatic carbocycles. The Hall–Kier alpha value is -2.63. The summed E-state index contributed by atoms with van der Waals surface area (Å²) in [6, 6.07) is 5.95. The highest BCUT2D eigenvalue weighted by molar-refractivity contribution is 6.03. The molecule has 0 atom stereocenters. The van der Waals surface area contributed by atoms with E-state index in [1.807, 2.05) is 0 Å². The van der Waals surface area contributed by atoms with Crippen molar-refractivity contribution in [3.05, 3.63) is 52.6 Å². The molecule has 1 amide bonds. The molecule has 0 aliphatic heterocycles. The second kappa shape index (κ2) is 4.48. The van der Waals surface area contributed by atoms with E-state index < -0.39 is 0 Å². The number of nitrogens with two attached hydrogens (primary N) is 1. The first-order valence-electron chi connectivity index (χ1n) is 4.87. The van der Waals surface area contributed by atoms with Gasteiger partial charge in [-0.3, -0.25) is 9.59 Å². The summed E-state index contributed by atoms with van der Waals surface area (Å²) in [5.74, 6) is 0.0499. The van der Waals surface area contributed by atoms with E-state index in [2.05, 4.69) is 15.3 Å². The number of amides is 1. The summed E-state index contributed by atoms with van der Waals surface area (Å²) in [6.07, 6.45) is 2.79. The van der Waals surface area contributed by atoms with Crippen molar-refractivity contribution in [2.75, 3.05) is 11.1 Å². The van der Waals surface area contributed by atoms with Gasteiger partial charge in [0.15, 0.2) is 0 Å². The van der Waals surface area contributed by atoms with Crippen LogP contribution in [0.4, 0.5) is 11.5 Å². The number of nitrogen functional groups attached to an aromatic ring is 1. The summed E-state index contributed by atoms with van der Waals surface area (Å²) in [4.78, 5) is 28.9. The number of pyridine rings is 2. The first-order chi connectivity index (χ1) is 8.15. The standard InChI is InChI=1S/C11H10N4O2/c12-8-2-3-9(13-6-8)15-11(17)7-1-4-10(16)14-5-7/h1-6H,12H2,(H,14,16)(H,13,15,17). The molecule has 2 heterocycles. The Balaban J connectivity index is 2.14. The number of aromatic amines is 1. The molecule has 0 fully saturated rings. The van der Waals surface area contributed by atoms with E-state index in [0.717, 1.165) is 0 Å². The van der Waals surface area contributed by atoms with Gasteiger partial charge in [-0.2, -0.15) is 0 Å². The Morgan fingerprint density at radius 3 is 2.71 bits per heavy atom. The van der Waals surface area contributed by atoms with Crippen LogP contribution in [-0.4, -0.2) is 15.9 Å². The van der Waals surface area contributed by atoms with Gasteiger partial charge < -0.3 is 16.0 Å². The second-order valence-electron chi connectivity index (χ2n) is 3.37. The van der Waals surface area contributed by atoms with Crippen molar-refractivity contribution in [2.24, 2.45) is 0 Å². The van der Waals surface area contributed by atoms with E-state index in [0.29, 0.717) is 17.1 Å². The van der Waals surface area contributed by atoms with E-state index in [4.69, 9.17) is 5.73 Å². The molecule has 17 heavy (non-hydrogen) atoms. The Morgan fingerprint density at radius 1 is 1.29 bits per heavy atom. The fraction of sp³-hybridized carbons (Fsp3) is 0. The molecule has 6 nitrogen and oxygen atoms in total. The largest absolute Gasteiger partial charge is 0.397 e. The molecule has 0 aliphatic rings. The maximum atomic E-state index is 11.7. The maximum Gasteiger partial charge on any atom is 0.258 e. The Morgan fingerprint density at radius 2 is 2.12 bits per heavy atom. The quantitative estimate of drug-likeness (QED) is 0.703. The molecule has 4 N–H and O–H groups in total. The van der Waals surface area contributed by atoms with E-state index in [1.54, 1.807) is 12.1 Å². The van der Waals surface area contributed by atoms with Crippen LogP contribution < -0.4 is 16.6 Å². The van der Waals surface area contributed by atoms with Crippen LogP contribution in [0, 0.1) is 0 Å². The molecule has 0 radical (unpaired) electrons. The third-order valence-electron chi connectivity index (χ3n) is 2.07. The number of carbonyl (C=O) groups is 1. The van der Waals surface area contributed by atoms with Crippen LogP contribution in [0.3, 0.4) is 0 Å². The third-order valence-corrected chi connectivity index (χ3v) is 2.07. The zero-order valence-electron chi connectivity index (χ0n) is 8.81. The van der Waals surface area contributed by atoms with Crippen LogP contribution in [0.5, 0.6) is 0 Å². The first-order valence-corrected chi connectivity index (χ1v) is 4.87. The van der Waals surface area contributed by atoms with Crippen molar-refractivity contribution in [1.82, 2.24) is 9.97 Å². The lowest BCUT2D eigenvalue weighted by atomic mass is 10.2. The zero-order chi connectivity index (χ0) is 12.3. The van der Waals surface area contributed by atoms with Crippen LogP contribution in [0.15, 0.2) is 41.5 Å². The van der Waals surface area contributed by atoms with Crippen LogP contribution in [0.25, 0.3) is 0 Å². The lowest BCUT2D eigenvalue weighted by Gasteiger charge is -2.03. The van der Waals surface area contributed by atoms with Gasteiger partial charge in [-0.05, 0) is 18.2 Å². The molecule has 0 saturated heterocycles. The van der Waals surface area contributed by atoms with E-state index in [1.165, 1.54) is 24.5 Å². The van der Waals surface area contributed by atoms with Gasteiger partial charge in [0.05, 0.1) is 17.4 Å². The molecule has 2 rings (SSSR count). The fourth-order valence-electron chi connectivity index (χ4n) is 1.22. The summed E-state index contributed by atoms with van der Waals surface area (Å²) in [7, 11) is 0. The highest BCUT2D eigenvalue weighted by atomic mass is 16.2. The van der Waals surface area contributed by atoms with Crippen molar-refractivity contribution in [1.29, 1.82) is 0 Å². The molecular weight excluding hydrogens is 220 g/mol. The van der Waals surface area contributed by atoms with Crippen LogP contribution in [0.1, 0.15) is 10.4 Å². The predicted molar refractivity (Wildman–Crippen MR) is 63.7 cm³/mol. The number of aromatic nitrogens is 2. The fourth-order valence-corrected chi connectivity index (χ4v) is 1.22. The average Bonchev–Trinajstić information content (AvgIpc) is 2.33. The van der Waals surface area contributed by atoms with Gasteiger partial charge >= 0.3 is 0 Å². The van der Waals surface area contributed by atoms with Crippen molar-refractivity contribution >= 4 is 17.4 Å². The van der Waals surface area contributed by atoms with Crippen LogP contribution in [-0.2, 0) is 0 Å². The summed E-state index contributed by atoms with van der Waals surface area (Å²) < 4.78 is 0. The lowest BCUT2D eigenvalue weighted by molar-refractivity contribution is 0.102. The third kappa shape index (κ3) is 2.69. The van der Waals surface area contributed by atoms with Gasteiger partial charge in [0, 0.05) is 12.3 Å². The smallest absolute Gasteiger partial charge is 0.258 e. The number of carbonyl (C=O) groups excluding carboxylic acids is 1. The van der Waals surface area contributed by atoms with E-state index in [9.17, 15) is 9.59 Å². The van der Waals surface area contributed by atoms with Crippen molar-refractivity contribution in [3.8, 4) is 0 Å². The second-order valence-corrected chi connectivity index (χ2v) is 3.37. The van der Waals surface area contributed by atoms with Crippen molar-refractivity contribution in [2.45, 2.75) is 0 Å². The Bertz CT molecular complexity index is 569. The summed E-state index contributed by atoms with van der Waals surface area (Å²) >= 11 is 0. The van der Waals surface area contributed by atoms with E-state index >= 15 is 0 Å². The highest BCUT2D eigenvalue weighted by Crippen LogP contribution is 2.07. The highest BCUT2D eigenvalue weighted by Gasteiger charge is 2.06. The average molecular weight is 230 g/mol. The monoisotopic (exact) mass is 230 g/mol. The normalized spacial score (nSPS) is 9.88. The minimum absolute atomic E-state index is 0.257. The molecule has 0 spiro atoms. The molecule has 2 aromatic heterocycles. The van der Waals surface area contributed by atoms with Crippen LogP contribution >= 0.6 is 0 Å². The van der Waals surface area contributed by atoms with Gasteiger partial charge in [-0.1, -0.05) is 0 Å². The minimum Gasteiger partial charge on any atom is -0.397 e. The van der Waals surface area contributed by atoms with Gasteiger partial charge in [-0.15, -0.1) is 0 Å². The number of hydrogen-bond acceptors (Lipinski definition) is 4. The Labute approximate surface area is 96.5 Å². The molecular formula is C11H10N4O2. The van der Waals surface area contributed by atoms with Crippen LogP contribution in [0.2, 0.25) is 0 Å². The molecule has 0 aliphatic carbocycles. The summed E-state index contributed by atoms with van der Waals surface area (Å²) in [5.41, 5.74) is 6.08. The molecule has 0 saturated carbocycles. The van der Waals surface area contributed by atoms with Gasteiger partial charge in [0.1, 0.15) is 5.82 Å². The lowest BCUT2D eigenvalue weighted by Crippen LogP contribution is -2.15. The maximum absolute atomic E-state index is 11.7. The summed E-state index contributed by atoms with van der Waals surface area (Å²) in [6.45, 7) is 0. The number of rotatable bonds is 2. The number of nitrogens with zero attached hydrogens (tertiary/aromatic N) is 1. The SMILES string of the molecule is Nc1ccc(NC(=O)c2ccc(=O)[nH]c2)nc1. The minimum atomic E-state index is -0.349. The number of nitrogens with one attached hydrogen (secondary N) is 2. The number of anilines is 2. The molecule has 0 bridgehead atoms. The molecule has 2 aromatic rings. The van der Waals surface area contributed by atoms with E-state index in [-0.39, 0.29) is 11.5 Å². The van der Waals surface area contributed by atoms with Gasteiger partial charge in [0.2, 0.25) is 5.56 Å². The summed E-state index contributed by atoms with van der Waals surface area (Å²) in [5, 5.41) is 2.58. The molecule has 0 unspecified atom stereocenters. The molecule has 6 heteroatoms. The molecule has 86 valence electrons. The van der Waals surface area contributed by atoms with Crippen molar-refractivity contribution in [3.63, 3.8) is 0 Å². The number of hydrogen-bond donors (Lipinski definition) is 3. The van der Waals surface area contributed by atoms with Gasteiger partial charge in [0.25, 0.3) is 5.91 Å². The van der Waals surface area contributed by atoms with Crippen molar-refractivity contribution < 1.29 is 4.79 Å². The first kappa shape index (κ1) is 10.9. The Kier molecular flexibility index (Phi) is 2.87. The zero-order valence-corrected chi connectivity index (χ0v) is 8.81. The number of H-pyrrole nitrogens is 1. The predicted octanol–water partition coefficient (Wildman–Crippen LogP) is 0.604. The topological polar surface area (TPSA) is 101 Å².